The molecule has 172 valence electrons. The van der Waals surface area contributed by atoms with Gasteiger partial charge in [0.2, 0.25) is 5.67 Å². The zero-order chi connectivity index (χ0) is 23.7. The number of carbonyl (C=O) groups is 1. The molecule has 2 aromatic carbocycles. The minimum Gasteiger partial charge on any atom is -0.479 e. The molecule has 2 aromatic heterocycles. The average Bonchev–Trinajstić information content (AvgIpc) is 3.46. The summed E-state index contributed by atoms with van der Waals surface area (Å²) < 4.78 is 47.0. The first kappa shape index (κ1) is 21.6. The predicted octanol–water partition coefficient (Wildman–Crippen LogP) is 6.28. The number of H-pyrrole nitrogens is 1. The van der Waals surface area contributed by atoms with Gasteiger partial charge in [-0.2, -0.15) is 5.10 Å². The number of hydrogen-bond acceptors (Lipinski definition) is 2. The van der Waals surface area contributed by atoms with E-state index in [1.54, 1.807) is 19.1 Å². The van der Waals surface area contributed by atoms with Gasteiger partial charge in [-0.05, 0) is 73.4 Å². The number of alkyl halides is 1. The van der Waals surface area contributed by atoms with Crippen LogP contribution in [0.4, 0.5) is 13.2 Å². The van der Waals surface area contributed by atoms with E-state index >= 15 is 8.78 Å². The summed E-state index contributed by atoms with van der Waals surface area (Å²) in [5.74, 6) is -2.88. The number of halogens is 3. The fourth-order valence-electron chi connectivity index (χ4n) is 5.32. The van der Waals surface area contributed by atoms with Crippen LogP contribution in [0.5, 0.6) is 0 Å². The Morgan fingerprint density at radius 3 is 2.70 bits per heavy atom. The summed E-state index contributed by atoms with van der Waals surface area (Å²) in [7, 11) is 0. The van der Waals surface area contributed by atoms with Gasteiger partial charge in [0, 0.05) is 22.2 Å². The number of aromatic amines is 1. The molecule has 4 aromatic rings. The van der Waals surface area contributed by atoms with Crippen LogP contribution in [0.25, 0.3) is 27.5 Å². The second-order valence-electron chi connectivity index (χ2n) is 9.35. The summed E-state index contributed by atoms with van der Waals surface area (Å²) in [6.07, 6.45) is 1.49. The van der Waals surface area contributed by atoms with E-state index in [1.165, 1.54) is 12.3 Å². The summed E-state index contributed by atoms with van der Waals surface area (Å²) in [5, 5.41) is 17.0. The highest BCUT2D eigenvalue weighted by atomic mass is 19.1. The normalized spacial score (nSPS) is 21.0. The van der Waals surface area contributed by atoms with Crippen LogP contribution >= 0.6 is 0 Å². The summed E-state index contributed by atoms with van der Waals surface area (Å²) in [5.41, 5.74) is 0.983. The van der Waals surface area contributed by atoms with E-state index < -0.39 is 23.4 Å². The van der Waals surface area contributed by atoms with Crippen molar-refractivity contribution in [3.63, 3.8) is 0 Å². The second-order valence-corrected chi connectivity index (χ2v) is 9.35. The van der Waals surface area contributed by atoms with E-state index in [4.69, 9.17) is 0 Å². The van der Waals surface area contributed by atoms with Crippen LogP contribution in [0.1, 0.15) is 61.8 Å². The first-order valence-corrected chi connectivity index (χ1v) is 11.0. The highest BCUT2D eigenvalue weighted by Gasteiger charge is 2.48. The molecule has 1 fully saturated rings. The van der Waals surface area contributed by atoms with E-state index in [1.807, 2.05) is 24.5 Å². The van der Waals surface area contributed by atoms with Crippen molar-refractivity contribution in [1.29, 1.82) is 0 Å². The Morgan fingerprint density at radius 1 is 1.30 bits per heavy atom. The largest absolute Gasteiger partial charge is 0.479 e. The maximum atomic E-state index is 15.9. The van der Waals surface area contributed by atoms with E-state index in [0.29, 0.717) is 39.5 Å². The lowest BCUT2D eigenvalue weighted by molar-refractivity contribution is -0.150. The molecule has 0 spiro atoms. The van der Waals surface area contributed by atoms with Crippen LogP contribution in [0, 0.1) is 18.6 Å². The zero-order valence-corrected chi connectivity index (χ0v) is 18.5. The van der Waals surface area contributed by atoms with Crippen molar-refractivity contribution in [3.05, 3.63) is 58.9 Å². The Morgan fingerprint density at radius 2 is 2.06 bits per heavy atom. The van der Waals surface area contributed by atoms with Crippen molar-refractivity contribution in [3.8, 4) is 5.69 Å². The van der Waals surface area contributed by atoms with Crippen LogP contribution in [-0.2, 0) is 4.79 Å². The monoisotopic (exact) mass is 455 g/mol. The van der Waals surface area contributed by atoms with Crippen molar-refractivity contribution in [2.75, 3.05) is 0 Å². The molecule has 1 unspecified atom stereocenters. The Labute approximate surface area is 188 Å². The van der Waals surface area contributed by atoms with Gasteiger partial charge >= 0.3 is 5.97 Å². The van der Waals surface area contributed by atoms with Gasteiger partial charge in [0.15, 0.2) is 5.82 Å². The third kappa shape index (κ3) is 3.14. The minimum absolute atomic E-state index is 0.0898. The SMILES string of the molecule is Cc1cc(-n2c(C(C)C)c(C3CC[C@@](F)(C(=O)O)C3)c3c(F)c4[nH]ncc4cc32)ccc1F. The summed E-state index contributed by atoms with van der Waals surface area (Å²) in [6, 6.07) is 6.53. The first-order chi connectivity index (χ1) is 15.6. The number of fused-ring (bicyclic) bond motifs is 2. The number of carboxylic acids is 1. The third-order valence-electron chi connectivity index (χ3n) is 6.88. The molecule has 0 aliphatic heterocycles. The summed E-state index contributed by atoms with van der Waals surface area (Å²) >= 11 is 0. The van der Waals surface area contributed by atoms with Crippen molar-refractivity contribution >= 4 is 27.8 Å². The lowest BCUT2D eigenvalue weighted by atomic mass is 9.89. The zero-order valence-electron chi connectivity index (χ0n) is 18.5. The summed E-state index contributed by atoms with van der Waals surface area (Å²) in [6.45, 7) is 5.59. The first-order valence-electron chi connectivity index (χ1n) is 11.0. The fraction of sp³-hybridized carbons (Fsp3) is 0.360. The topological polar surface area (TPSA) is 70.9 Å². The molecule has 0 amide bonds. The molecule has 33 heavy (non-hydrogen) atoms. The number of hydrogen-bond donors (Lipinski definition) is 2. The van der Waals surface area contributed by atoms with Gasteiger partial charge in [-0.3, -0.25) is 5.10 Å². The van der Waals surface area contributed by atoms with Gasteiger partial charge in [0.25, 0.3) is 0 Å². The number of aromatic nitrogens is 3. The average molecular weight is 455 g/mol. The molecular formula is C25H24F3N3O2. The van der Waals surface area contributed by atoms with Gasteiger partial charge in [-0.15, -0.1) is 0 Å². The number of aryl methyl sites for hydroxylation is 1. The molecule has 0 saturated heterocycles. The third-order valence-corrected chi connectivity index (χ3v) is 6.88. The molecule has 2 heterocycles. The van der Waals surface area contributed by atoms with E-state index in [2.05, 4.69) is 10.2 Å². The number of nitrogens with zero attached hydrogens (tertiary/aromatic N) is 2. The number of rotatable bonds is 4. The molecule has 1 aliphatic rings. The van der Waals surface area contributed by atoms with Crippen molar-refractivity contribution in [2.45, 2.75) is 57.5 Å². The van der Waals surface area contributed by atoms with Crippen LogP contribution in [-0.4, -0.2) is 31.5 Å². The molecule has 0 radical (unpaired) electrons. The van der Waals surface area contributed by atoms with Crippen molar-refractivity contribution in [1.82, 2.24) is 14.8 Å². The standard InChI is InChI=1S/C25H24F3N3O2/c1-12(2)23-19(14-6-7-25(28,10-14)24(32)33)20-18(9-15-11-29-30-22(15)21(20)27)31(23)16-4-5-17(26)13(3)8-16/h4-5,8-9,11-12,14H,6-7,10H2,1-3H3,(H,29,30)(H,32,33)/t14?,25-/m0/s1. The summed E-state index contributed by atoms with van der Waals surface area (Å²) in [4.78, 5) is 11.6. The maximum Gasteiger partial charge on any atom is 0.341 e. The second kappa shape index (κ2) is 7.37. The number of benzene rings is 2. The lowest BCUT2D eigenvalue weighted by Crippen LogP contribution is -2.30. The quantitative estimate of drug-likeness (QED) is 0.381. The smallest absolute Gasteiger partial charge is 0.341 e. The predicted molar refractivity (Wildman–Crippen MR) is 120 cm³/mol. The number of carboxylic acid groups (broad SMARTS) is 1. The van der Waals surface area contributed by atoms with Gasteiger partial charge in [-0.25, -0.2) is 18.0 Å². The molecule has 2 atom stereocenters. The van der Waals surface area contributed by atoms with Gasteiger partial charge in [0.05, 0.1) is 11.7 Å². The molecule has 2 N–H and O–H groups in total. The van der Waals surface area contributed by atoms with Gasteiger partial charge in [-0.1, -0.05) is 13.8 Å². The highest BCUT2D eigenvalue weighted by molar-refractivity contribution is 6.00. The molecule has 5 rings (SSSR count). The lowest BCUT2D eigenvalue weighted by Gasteiger charge is -2.19. The van der Waals surface area contributed by atoms with Crippen LogP contribution < -0.4 is 0 Å². The Kier molecular flexibility index (Phi) is 4.81. The Hall–Kier alpha value is -3.29. The minimum atomic E-state index is -2.34. The molecule has 5 nitrogen and oxygen atoms in total. The Balaban J connectivity index is 1.88. The van der Waals surface area contributed by atoms with Crippen molar-refractivity contribution in [2.24, 2.45) is 0 Å². The number of nitrogens with one attached hydrogen (secondary N) is 1. The molecule has 0 bridgehead atoms. The van der Waals surface area contributed by atoms with Gasteiger partial charge in [0.1, 0.15) is 11.3 Å². The Bertz CT molecular complexity index is 1420. The number of aliphatic carboxylic acids is 1. The van der Waals surface area contributed by atoms with Crippen molar-refractivity contribution < 1.29 is 23.1 Å². The maximum absolute atomic E-state index is 15.9. The fourth-order valence-corrected chi connectivity index (χ4v) is 5.32. The van der Waals surface area contributed by atoms with E-state index in [9.17, 15) is 14.3 Å². The van der Waals surface area contributed by atoms with Crippen LogP contribution in [0.3, 0.4) is 0 Å². The van der Waals surface area contributed by atoms with E-state index in [0.717, 1.165) is 5.69 Å². The molecular weight excluding hydrogens is 431 g/mol. The molecule has 1 aliphatic carbocycles. The highest BCUT2D eigenvalue weighted by Crippen LogP contribution is 2.50. The van der Waals surface area contributed by atoms with Gasteiger partial charge < -0.3 is 9.67 Å². The molecule has 1 saturated carbocycles. The van der Waals surface area contributed by atoms with E-state index in [-0.39, 0.29) is 30.1 Å². The van der Waals surface area contributed by atoms with Crippen LogP contribution in [0.2, 0.25) is 0 Å². The molecule has 8 heteroatoms. The van der Waals surface area contributed by atoms with Crippen LogP contribution in [0.15, 0.2) is 30.5 Å².